The Balaban J connectivity index is 1.26. The van der Waals surface area contributed by atoms with Crippen LogP contribution in [0.25, 0.3) is 132 Å². The van der Waals surface area contributed by atoms with Gasteiger partial charge in [-0.1, -0.05) is 200 Å². The highest BCUT2D eigenvalue weighted by molar-refractivity contribution is 6.43. The number of hydrogen-bond acceptors (Lipinski definition) is 2. The van der Waals surface area contributed by atoms with Gasteiger partial charge in [0.1, 0.15) is 0 Å². The van der Waals surface area contributed by atoms with Crippen molar-refractivity contribution in [3.05, 3.63) is 231 Å². The maximum atomic E-state index is 5.74. The van der Waals surface area contributed by atoms with E-state index in [1.165, 1.54) is 59.2 Å². The minimum Gasteiger partial charge on any atom is -0.307 e. The number of para-hydroxylation sites is 2. The van der Waals surface area contributed by atoms with Gasteiger partial charge >= 0.3 is 0 Å². The first kappa shape index (κ1) is 36.6. The molecule has 0 saturated heterocycles. The Kier molecular flexibility index (Phi) is 7.95. The fourth-order valence-electron chi connectivity index (χ4n) is 10.9. The molecule has 14 aromatic rings. The van der Waals surface area contributed by atoms with Crippen LogP contribution in [0.5, 0.6) is 0 Å². The second-order valence-corrected chi connectivity index (χ2v) is 17.2. The SMILES string of the molecule is c1ccc(-c2cccc(-c3cc(-c4ccccc4)nc(-n4c5c(c6ccccc6c6c7ccccc7c7ccccc7c65)c5ccc6c7ccccc7n(-c7ccccc7)c6c54)n3)c2)cc1. The lowest BCUT2D eigenvalue weighted by molar-refractivity contribution is 0.998. The number of fused-ring (bicyclic) bond motifs is 17. The molecular formula is C62H38N4. The van der Waals surface area contributed by atoms with Crippen LogP contribution < -0.4 is 0 Å². The summed E-state index contributed by atoms with van der Waals surface area (Å²) < 4.78 is 4.88. The van der Waals surface area contributed by atoms with E-state index in [0.29, 0.717) is 5.95 Å². The molecule has 4 nitrogen and oxygen atoms in total. The minimum absolute atomic E-state index is 0.614. The zero-order valence-electron chi connectivity index (χ0n) is 35.7. The molecule has 0 fully saturated rings. The van der Waals surface area contributed by atoms with Crippen molar-refractivity contribution < 1.29 is 0 Å². The molecule has 0 bridgehead atoms. The fourth-order valence-corrected chi connectivity index (χ4v) is 10.9. The number of hydrogen-bond donors (Lipinski definition) is 0. The Labute approximate surface area is 379 Å². The van der Waals surface area contributed by atoms with Gasteiger partial charge in [-0.15, -0.1) is 0 Å². The Morgan fingerprint density at radius 1 is 0.258 bits per heavy atom. The van der Waals surface area contributed by atoms with Gasteiger partial charge in [0.15, 0.2) is 0 Å². The quantitative estimate of drug-likeness (QED) is 0.162. The summed E-state index contributed by atoms with van der Waals surface area (Å²) in [6, 6.07) is 83.1. The van der Waals surface area contributed by atoms with E-state index in [0.717, 1.165) is 66.8 Å². The fraction of sp³-hybridized carbons (Fsp3) is 0. The van der Waals surface area contributed by atoms with Gasteiger partial charge < -0.3 is 4.57 Å². The van der Waals surface area contributed by atoms with E-state index in [-0.39, 0.29) is 0 Å². The van der Waals surface area contributed by atoms with Crippen molar-refractivity contribution in [2.24, 2.45) is 0 Å². The molecule has 0 amide bonds. The molecule has 0 spiro atoms. The molecule has 0 N–H and O–H groups in total. The van der Waals surface area contributed by atoms with Crippen LogP contribution in [-0.2, 0) is 0 Å². The minimum atomic E-state index is 0.614. The average Bonchev–Trinajstić information content (AvgIpc) is 3.93. The molecule has 0 radical (unpaired) electrons. The monoisotopic (exact) mass is 838 g/mol. The molecule has 0 aliphatic heterocycles. The summed E-state index contributed by atoms with van der Waals surface area (Å²) in [5.41, 5.74) is 11.5. The molecule has 0 aliphatic carbocycles. The van der Waals surface area contributed by atoms with Crippen LogP contribution >= 0.6 is 0 Å². The molecule has 3 heterocycles. The van der Waals surface area contributed by atoms with Gasteiger partial charge in [0.25, 0.3) is 0 Å². The highest BCUT2D eigenvalue weighted by Crippen LogP contribution is 2.50. The maximum Gasteiger partial charge on any atom is 0.235 e. The number of rotatable bonds is 5. The third-order valence-electron chi connectivity index (χ3n) is 13.7. The second kappa shape index (κ2) is 14.3. The Bertz CT molecular complexity index is 4260. The lowest BCUT2D eigenvalue weighted by Crippen LogP contribution is -2.06. The smallest absolute Gasteiger partial charge is 0.235 e. The summed E-state index contributed by atoms with van der Waals surface area (Å²) in [5.74, 6) is 0.614. The van der Waals surface area contributed by atoms with Crippen molar-refractivity contribution in [3.8, 4) is 45.3 Å². The molecule has 0 saturated carbocycles. The van der Waals surface area contributed by atoms with Gasteiger partial charge in [-0.05, 0) is 73.8 Å². The highest BCUT2D eigenvalue weighted by Gasteiger charge is 2.27. The number of benzene rings is 11. The molecule has 14 rings (SSSR count). The summed E-state index contributed by atoms with van der Waals surface area (Å²) >= 11 is 0. The van der Waals surface area contributed by atoms with Crippen LogP contribution in [0.3, 0.4) is 0 Å². The molecular weight excluding hydrogens is 801 g/mol. The second-order valence-electron chi connectivity index (χ2n) is 17.2. The summed E-state index contributed by atoms with van der Waals surface area (Å²) in [5, 5.41) is 14.4. The first-order valence-electron chi connectivity index (χ1n) is 22.6. The predicted octanol–water partition coefficient (Wildman–Crippen LogP) is 16.3. The third-order valence-corrected chi connectivity index (χ3v) is 13.7. The van der Waals surface area contributed by atoms with Crippen LogP contribution in [-0.4, -0.2) is 19.1 Å². The zero-order chi connectivity index (χ0) is 43.3. The number of aromatic nitrogens is 4. The summed E-state index contributed by atoms with van der Waals surface area (Å²) in [6.07, 6.45) is 0. The third kappa shape index (κ3) is 5.33. The molecule has 0 aliphatic rings. The van der Waals surface area contributed by atoms with Crippen molar-refractivity contribution >= 4 is 86.7 Å². The van der Waals surface area contributed by atoms with Gasteiger partial charge in [-0.3, -0.25) is 4.57 Å². The van der Waals surface area contributed by atoms with Crippen LogP contribution in [0, 0.1) is 0 Å². The number of nitrogens with zero attached hydrogens (tertiary/aromatic N) is 4. The van der Waals surface area contributed by atoms with Crippen molar-refractivity contribution in [2.75, 3.05) is 0 Å². The van der Waals surface area contributed by atoms with Crippen molar-refractivity contribution in [2.45, 2.75) is 0 Å². The molecule has 0 unspecified atom stereocenters. The Morgan fingerprint density at radius 2 is 0.727 bits per heavy atom. The Morgan fingerprint density at radius 3 is 1.41 bits per heavy atom. The van der Waals surface area contributed by atoms with Crippen LogP contribution in [0.1, 0.15) is 0 Å². The topological polar surface area (TPSA) is 35.6 Å². The van der Waals surface area contributed by atoms with Gasteiger partial charge in [0.05, 0.1) is 33.5 Å². The first-order valence-corrected chi connectivity index (χ1v) is 22.6. The normalized spacial score (nSPS) is 11.9. The molecule has 11 aromatic carbocycles. The van der Waals surface area contributed by atoms with Crippen LogP contribution in [0.15, 0.2) is 231 Å². The maximum absolute atomic E-state index is 5.74. The van der Waals surface area contributed by atoms with E-state index in [4.69, 9.17) is 9.97 Å². The predicted molar refractivity (Wildman–Crippen MR) is 277 cm³/mol. The first-order chi connectivity index (χ1) is 32.8. The van der Waals surface area contributed by atoms with Crippen molar-refractivity contribution in [3.63, 3.8) is 0 Å². The molecule has 0 atom stereocenters. The van der Waals surface area contributed by atoms with Gasteiger partial charge in [-0.25, -0.2) is 9.97 Å². The van der Waals surface area contributed by atoms with Crippen LogP contribution in [0.4, 0.5) is 0 Å². The summed E-state index contributed by atoms with van der Waals surface area (Å²) in [4.78, 5) is 11.4. The Hall–Kier alpha value is -8.86. The van der Waals surface area contributed by atoms with Crippen molar-refractivity contribution in [1.82, 2.24) is 19.1 Å². The molecule has 66 heavy (non-hydrogen) atoms. The van der Waals surface area contributed by atoms with Gasteiger partial charge in [0.2, 0.25) is 5.95 Å². The lowest BCUT2D eigenvalue weighted by Gasteiger charge is -2.17. The standard InChI is InChI=1S/C62H38N4/c1-4-19-39(20-5-1)41-23-18-24-42(37-41)54-38-53(40-21-6-2-7-22-40)63-62(64-54)66-60-52(36-35-51-46-29-16-17-34-55(46)65(59(51)60)43-25-8-3-9-26-43)57-50-33-15-14-32-49(50)56-47-30-12-10-27-44(47)45-28-11-13-31-48(45)58(56)61(57)66/h1-38H. The van der Waals surface area contributed by atoms with E-state index < -0.39 is 0 Å². The van der Waals surface area contributed by atoms with E-state index in [2.05, 4.69) is 240 Å². The van der Waals surface area contributed by atoms with E-state index in [1.54, 1.807) is 0 Å². The highest BCUT2D eigenvalue weighted by atomic mass is 15.2. The van der Waals surface area contributed by atoms with Gasteiger partial charge in [-0.2, -0.15) is 0 Å². The van der Waals surface area contributed by atoms with E-state index in [9.17, 15) is 0 Å². The van der Waals surface area contributed by atoms with Gasteiger partial charge in [0, 0.05) is 49.1 Å². The summed E-state index contributed by atoms with van der Waals surface area (Å²) in [7, 11) is 0. The zero-order valence-corrected chi connectivity index (χ0v) is 35.7. The molecule has 3 aromatic heterocycles. The average molecular weight is 839 g/mol. The summed E-state index contributed by atoms with van der Waals surface area (Å²) in [6.45, 7) is 0. The van der Waals surface area contributed by atoms with E-state index >= 15 is 0 Å². The van der Waals surface area contributed by atoms with E-state index in [1.807, 2.05) is 0 Å². The molecule has 4 heteroatoms. The van der Waals surface area contributed by atoms with Crippen LogP contribution in [0.2, 0.25) is 0 Å². The molecule has 306 valence electrons. The van der Waals surface area contributed by atoms with Crippen molar-refractivity contribution in [1.29, 1.82) is 0 Å². The lowest BCUT2D eigenvalue weighted by atomic mass is 9.89. The largest absolute Gasteiger partial charge is 0.307 e.